The Morgan fingerprint density at radius 3 is 2.76 bits per heavy atom. The van der Waals surface area contributed by atoms with Crippen molar-refractivity contribution in [1.29, 1.82) is 0 Å². The molecule has 1 aromatic heterocycles. The SMILES string of the molecule is C=COCCCCCCn1c(=O)cc[nH]c1=O. The first-order valence-electron chi connectivity index (χ1n) is 5.76. The van der Waals surface area contributed by atoms with Gasteiger partial charge in [-0.2, -0.15) is 0 Å². The highest BCUT2D eigenvalue weighted by Gasteiger charge is 1.99. The lowest BCUT2D eigenvalue weighted by Crippen LogP contribution is -2.33. The van der Waals surface area contributed by atoms with Gasteiger partial charge < -0.3 is 9.72 Å². The van der Waals surface area contributed by atoms with Crippen LogP contribution in [0, 0.1) is 0 Å². The molecule has 5 nitrogen and oxygen atoms in total. The average Bonchev–Trinajstić information content (AvgIpc) is 2.31. The van der Waals surface area contributed by atoms with Crippen LogP contribution in [0.4, 0.5) is 0 Å². The lowest BCUT2D eigenvalue weighted by Gasteiger charge is -2.03. The summed E-state index contributed by atoms with van der Waals surface area (Å²) in [4.78, 5) is 25.2. The second-order valence-corrected chi connectivity index (χ2v) is 3.72. The molecule has 0 bridgehead atoms. The number of nitrogens with one attached hydrogen (secondary N) is 1. The van der Waals surface area contributed by atoms with Gasteiger partial charge in [-0.15, -0.1) is 0 Å². The number of aromatic nitrogens is 2. The number of unbranched alkanes of at least 4 members (excludes halogenated alkanes) is 3. The Morgan fingerprint density at radius 1 is 1.29 bits per heavy atom. The quantitative estimate of drug-likeness (QED) is 0.547. The summed E-state index contributed by atoms with van der Waals surface area (Å²) in [6, 6.07) is 1.36. The molecule has 0 unspecified atom stereocenters. The lowest BCUT2D eigenvalue weighted by molar-refractivity contribution is 0.241. The van der Waals surface area contributed by atoms with Gasteiger partial charge in [-0.1, -0.05) is 19.4 Å². The number of hydrogen-bond donors (Lipinski definition) is 1. The predicted octanol–water partition coefficient (Wildman–Crippen LogP) is 1.26. The van der Waals surface area contributed by atoms with Crippen molar-refractivity contribution < 1.29 is 4.74 Å². The first-order valence-corrected chi connectivity index (χ1v) is 5.76. The van der Waals surface area contributed by atoms with Crippen LogP contribution in [-0.2, 0) is 11.3 Å². The van der Waals surface area contributed by atoms with Crippen molar-refractivity contribution in [3.8, 4) is 0 Å². The normalized spacial score (nSPS) is 10.1. The van der Waals surface area contributed by atoms with Gasteiger partial charge in [0.2, 0.25) is 0 Å². The molecule has 0 amide bonds. The Bertz CT molecular complexity index is 419. The predicted molar refractivity (Wildman–Crippen MR) is 65.9 cm³/mol. The fourth-order valence-corrected chi connectivity index (χ4v) is 1.56. The van der Waals surface area contributed by atoms with Crippen molar-refractivity contribution in [1.82, 2.24) is 9.55 Å². The van der Waals surface area contributed by atoms with Gasteiger partial charge in [0.15, 0.2) is 0 Å². The summed E-state index contributed by atoms with van der Waals surface area (Å²) in [5.74, 6) is 0. The van der Waals surface area contributed by atoms with Gasteiger partial charge in [0.1, 0.15) is 0 Å². The van der Waals surface area contributed by atoms with E-state index in [0.717, 1.165) is 25.7 Å². The van der Waals surface area contributed by atoms with Crippen LogP contribution in [0.15, 0.2) is 34.7 Å². The van der Waals surface area contributed by atoms with Crippen molar-refractivity contribution in [3.05, 3.63) is 45.9 Å². The molecule has 1 aromatic rings. The summed E-state index contributed by atoms with van der Waals surface area (Å²) in [7, 11) is 0. The minimum absolute atomic E-state index is 0.247. The number of hydrogen-bond acceptors (Lipinski definition) is 3. The second kappa shape index (κ2) is 7.49. The number of aromatic amines is 1. The highest BCUT2D eigenvalue weighted by Crippen LogP contribution is 2.00. The van der Waals surface area contributed by atoms with E-state index in [1.165, 1.54) is 23.1 Å². The molecule has 0 aliphatic rings. The molecule has 0 fully saturated rings. The zero-order chi connectivity index (χ0) is 12.5. The van der Waals surface area contributed by atoms with Gasteiger partial charge in [0, 0.05) is 18.8 Å². The molecular formula is C12H18N2O3. The average molecular weight is 238 g/mol. The van der Waals surface area contributed by atoms with Crippen molar-refractivity contribution >= 4 is 0 Å². The fraction of sp³-hybridized carbons (Fsp3) is 0.500. The van der Waals surface area contributed by atoms with Crippen LogP contribution in [0.5, 0.6) is 0 Å². The van der Waals surface area contributed by atoms with Crippen LogP contribution < -0.4 is 11.2 Å². The minimum atomic E-state index is -0.340. The van der Waals surface area contributed by atoms with Crippen molar-refractivity contribution in [2.24, 2.45) is 0 Å². The topological polar surface area (TPSA) is 64.1 Å². The van der Waals surface area contributed by atoms with E-state index in [0.29, 0.717) is 13.2 Å². The van der Waals surface area contributed by atoms with Crippen molar-refractivity contribution in [2.75, 3.05) is 6.61 Å². The summed E-state index contributed by atoms with van der Waals surface area (Å²) < 4.78 is 6.21. The summed E-state index contributed by atoms with van der Waals surface area (Å²) in [6.07, 6.45) is 6.58. The van der Waals surface area contributed by atoms with E-state index in [1.54, 1.807) is 0 Å². The van der Waals surface area contributed by atoms with E-state index in [4.69, 9.17) is 4.74 Å². The van der Waals surface area contributed by atoms with Gasteiger partial charge in [-0.3, -0.25) is 9.36 Å². The van der Waals surface area contributed by atoms with E-state index in [-0.39, 0.29) is 11.2 Å². The third kappa shape index (κ3) is 4.72. The summed E-state index contributed by atoms with van der Waals surface area (Å²) >= 11 is 0. The van der Waals surface area contributed by atoms with E-state index in [2.05, 4.69) is 11.6 Å². The third-order valence-corrected chi connectivity index (χ3v) is 2.46. The monoisotopic (exact) mass is 238 g/mol. The molecule has 0 atom stereocenters. The molecule has 0 spiro atoms. The number of H-pyrrole nitrogens is 1. The molecular weight excluding hydrogens is 220 g/mol. The van der Waals surface area contributed by atoms with Gasteiger partial charge in [-0.05, 0) is 12.8 Å². The van der Waals surface area contributed by atoms with Gasteiger partial charge >= 0.3 is 5.69 Å². The maximum absolute atomic E-state index is 11.4. The molecule has 1 rings (SSSR count). The molecule has 0 aliphatic heterocycles. The maximum Gasteiger partial charge on any atom is 0.328 e. The number of rotatable bonds is 8. The number of nitrogens with zero attached hydrogens (tertiary/aromatic N) is 1. The van der Waals surface area contributed by atoms with E-state index < -0.39 is 0 Å². The fourth-order valence-electron chi connectivity index (χ4n) is 1.56. The first-order chi connectivity index (χ1) is 8.25. The Hall–Kier alpha value is -1.78. The highest BCUT2D eigenvalue weighted by molar-refractivity contribution is 4.82. The van der Waals surface area contributed by atoms with Crippen LogP contribution >= 0.6 is 0 Å². The third-order valence-electron chi connectivity index (χ3n) is 2.46. The van der Waals surface area contributed by atoms with Crippen molar-refractivity contribution in [2.45, 2.75) is 32.2 Å². The lowest BCUT2D eigenvalue weighted by atomic mass is 10.2. The standard InChI is InChI=1S/C12H18N2O3/c1-2-17-10-6-4-3-5-9-14-11(15)7-8-13-12(14)16/h2,7-8H,1,3-6,9-10H2,(H,13,16). The van der Waals surface area contributed by atoms with Crippen LogP contribution in [0.3, 0.4) is 0 Å². The zero-order valence-corrected chi connectivity index (χ0v) is 9.85. The smallest absolute Gasteiger partial charge is 0.328 e. The maximum atomic E-state index is 11.4. The Kier molecular flexibility index (Phi) is 5.85. The molecule has 0 radical (unpaired) electrons. The Balaban J connectivity index is 2.25. The van der Waals surface area contributed by atoms with E-state index in [9.17, 15) is 9.59 Å². The first kappa shape index (κ1) is 13.3. The zero-order valence-electron chi connectivity index (χ0n) is 9.85. The Morgan fingerprint density at radius 2 is 2.06 bits per heavy atom. The molecule has 0 saturated carbocycles. The van der Waals surface area contributed by atoms with E-state index in [1.807, 2.05) is 0 Å². The van der Waals surface area contributed by atoms with Crippen molar-refractivity contribution in [3.63, 3.8) is 0 Å². The number of ether oxygens (including phenoxy) is 1. The van der Waals surface area contributed by atoms with Gasteiger partial charge in [0.05, 0.1) is 12.9 Å². The van der Waals surface area contributed by atoms with Crippen LogP contribution in [0.1, 0.15) is 25.7 Å². The molecule has 5 heteroatoms. The van der Waals surface area contributed by atoms with Crippen LogP contribution in [0.2, 0.25) is 0 Å². The summed E-state index contributed by atoms with van der Waals surface area (Å²) in [5.41, 5.74) is -0.587. The van der Waals surface area contributed by atoms with E-state index >= 15 is 0 Å². The molecule has 1 N–H and O–H groups in total. The molecule has 94 valence electrons. The molecule has 0 aromatic carbocycles. The minimum Gasteiger partial charge on any atom is -0.502 e. The van der Waals surface area contributed by atoms with Crippen LogP contribution in [-0.4, -0.2) is 16.2 Å². The van der Waals surface area contributed by atoms with Crippen LogP contribution in [0.25, 0.3) is 0 Å². The molecule has 0 saturated heterocycles. The summed E-state index contributed by atoms with van der Waals surface area (Å²) in [5, 5.41) is 0. The molecule has 1 heterocycles. The van der Waals surface area contributed by atoms with Gasteiger partial charge in [0.25, 0.3) is 5.56 Å². The highest BCUT2D eigenvalue weighted by atomic mass is 16.5. The van der Waals surface area contributed by atoms with Gasteiger partial charge in [-0.25, -0.2) is 4.79 Å². The molecule has 0 aliphatic carbocycles. The largest absolute Gasteiger partial charge is 0.502 e. The Labute approximate surface area is 99.7 Å². The molecule has 17 heavy (non-hydrogen) atoms. The second-order valence-electron chi connectivity index (χ2n) is 3.72. The summed E-state index contributed by atoms with van der Waals surface area (Å²) in [6.45, 7) is 4.60.